The van der Waals surface area contributed by atoms with Gasteiger partial charge in [-0.15, -0.1) is 0 Å². The fourth-order valence-electron chi connectivity index (χ4n) is 2.02. The SMILES string of the molecule is CCC1(C)C(=O)NC(=O)N1Cc1ccc(F)cc1. The molecule has 1 unspecified atom stereocenters. The maximum absolute atomic E-state index is 12.8. The van der Waals surface area contributed by atoms with Gasteiger partial charge in [0.1, 0.15) is 11.4 Å². The largest absolute Gasteiger partial charge is 0.325 e. The number of carbonyl (C=O) groups excluding carboxylic acids is 2. The zero-order valence-electron chi connectivity index (χ0n) is 10.4. The number of benzene rings is 1. The summed E-state index contributed by atoms with van der Waals surface area (Å²) >= 11 is 0. The highest BCUT2D eigenvalue weighted by atomic mass is 19.1. The second-order valence-electron chi connectivity index (χ2n) is 4.60. The minimum absolute atomic E-state index is 0.280. The van der Waals surface area contributed by atoms with Crippen LogP contribution in [0.1, 0.15) is 25.8 Å². The highest BCUT2D eigenvalue weighted by Crippen LogP contribution is 2.27. The minimum atomic E-state index is -0.828. The molecule has 0 saturated carbocycles. The molecule has 0 bridgehead atoms. The van der Waals surface area contributed by atoms with Crippen molar-refractivity contribution in [2.45, 2.75) is 32.4 Å². The molecular weight excluding hydrogens is 235 g/mol. The van der Waals surface area contributed by atoms with E-state index in [4.69, 9.17) is 0 Å². The number of imide groups is 1. The lowest BCUT2D eigenvalue weighted by molar-refractivity contribution is -0.126. The van der Waals surface area contributed by atoms with Gasteiger partial charge in [0, 0.05) is 6.54 Å². The predicted octanol–water partition coefficient (Wildman–Crippen LogP) is 2.05. The monoisotopic (exact) mass is 250 g/mol. The summed E-state index contributed by atoms with van der Waals surface area (Å²) in [7, 11) is 0. The number of nitrogens with zero attached hydrogens (tertiary/aromatic N) is 1. The van der Waals surface area contributed by atoms with E-state index in [1.807, 2.05) is 6.92 Å². The average molecular weight is 250 g/mol. The van der Waals surface area contributed by atoms with Crippen LogP contribution in [0.5, 0.6) is 0 Å². The lowest BCUT2D eigenvalue weighted by Crippen LogP contribution is -2.45. The number of hydrogen-bond acceptors (Lipinski definition) is 2. The van der Waals surface area contributed by atoms with Crippen molar-refractivity contribution in [1.82, 2.24) is 10.2 Å². The van der Waals surface area contributed by atoms with Crippen LogP contribution in [0.3, 0.4) is 0 Å². The van der Waals surface area contributed by atoms with E-state index in [0.29, 0.717) is 13.0 Å². The molecule has 0 aromatic heterocycles. The van der Waals surface area contributed by atoms with Gasteiger partial charge in [0.25, 0.3) is 5.91 Å². The summed E-state index contributed by atoms with van der Waals surface area (Å²) in [6.07, 6.45) is 0.534. The molecule has 1 aliphatic heterocycles. The fraction of sp³-hybridized carbons (Fsp3) is 0.385. The first-order valence-electron chi connectivity index (χ1n) is 5.85. The standard InChI is InChI=1S/C13H15FN2O2/c1-3-13(2)11(17)15-12(18)16(13)8-9-4-6-10(14)7-5-9/h4-7H,3,8H2,1-2H3,(H,15,17,18). The van der Waals surface area contributed by atoms with Crippen molar-refractivity contribution >= 4 is 11.9 Å². The van der Waals surface area contributed by atoms with Gasteiger partial charge in [-0.05, 0) is 31.0 Å². The first kappa shape index (κ1) is 12.5. The van der Waals surface area contributed by atoms with Crippen LogP contribution in [0.2, 0.25) is 0 Å². The van der Waals surface area contributed by atoms with E-state index in [2.05, 4.69) is 5.32 Å². The van der Waals surface area contributed by atoms with Crippen molar-refractivity contribution < 1.29 is 14.0 Å². The molecule has 0 aliphatic carbocycles. The van der Waals surface area contributed by atoms with Gasteiger partial charge in [-0.2, -0.15) is 0 Å². The Morgan fingerprint density at radius 2 is 1.89 bits per heavy atom. The molecule has 1 N–H and O–H groups in total. The maximum Gasteiger partial charge on any atom is 0.325 e. The lowest BCUT2D eigenvalue weighted by atomic mass is 9.97. The molecule has 1 aromatic rings. The van der Waals surface area contributed by atoms with Crippen LogP contribution in [0.25, 0.3) is 0 Å². The van der Waals surface area contributed by atoms with Gasteiger partial charge in [0.2, 0.25) is 0 Å². The van der Waals surface area contributed by atoms with Gasteiger partial charge >= 0.3 is 6.03 Å². The topological polar surface area (TPSA) is 49.4 Å². The van der Waals surface area contributed by atoms with Crippen molar-refractivity contribution in [3.05, 3.63) is 35.6 Å². The number of rotatable bonds is 3. The Balaban J connectivity index is 2.24. The van der Waals surface area contributed by atoms with Gasteiger partial charge in [0.15, 0.2) is 0 Å². The summed E-state index contributed by atoms with van der Waals surface area (Å²) in [5.74, 6) is -0.601. The molecule has 1 atom stereocenters. The quantitative estimate of drug-likeness (QED) is 0.835. The number of amides is 3. The van der Waals surface area contributed by atoms with Crippen molar-refractivity contribution in [3.63, 3.8) is 0 Å². The fourth-order valence-corrected chi connectivity index (χ4v) is 2.02. The first-order chi connectivity index (χ1) is 8.47. The number of nitrogens with one attached hydrogen (secondary N) is 1. The third-order valence-corrected chi connectivity index (χ3v) is 3.49. The number of halogens is 1. The normalized spacial score (nSPS) is 23.4. The first-order valence-corrected chi connectivity index (χ1v) is 5.85. The van der Waals surface area contributed by atoms with Gasteiger partial charge in [0.05, 0.1) is 0 Å². The third kappa shape index (κ3) is 1.96. The van der Waals surface area contributed by atoms with Gasteiger partial charge in [-0.25, -0.2) is 9.18 Å². The van der Waals surface area contributed by atoms with E-state index in [1.54, 1.807) is 19.1 Å². The Bertz CT molecular complexity index is 486. The van der Waals surface area contributed by atoms with Crippen LogP contribution >= 0.6 is 0 Å². The van der Waals surface area contributed by atoms with Crippen LogP contribution in [-0.4, -0.2) is 22.4 Å². The van der Waals surface area contributed by atoms with E-state index in [-0.39, 0.29) is 11.7 Å². The molecule has 1 aliphatic rings. The number of carbonyl (C=O) groups is 2. The van der Waals surface area contributed by atoms with Crippen LogP contribution in [0, 0.1) is 5.82 Å². The van der Waals surface area contributed by atoms with Crippen molar-refractivity contribution in [3.8, 4) is 0 Å². The van der Waals surface area contributed by atoms with Gasteiger partial charge in [-0.3, -0.25) is 10.1 Å². The summed E-state index contributed by atoms with van der Waals surface area (Å²) in [6.45, 7) is 3.88. The lowest BCUT2D eigenvalue weighted by Gasteiger charge is -2.30. The van der Waals surface area contributed by atoms with Crippen LogP contribution < -0.4 is 5.32 Å². The Hall–Kier alpha value is -1.91. The smallest absolute Gasteiger partial charge is 0.306 e. The summed E-state index contributed by atoms with van der Waals surface area (Å²) in [4.78, 5) is 25.0. The zero-order chi connectivity index (χ0) is 13.3. The Kier molecular flexibility index (Phi) is 3.07. The molecule has 4 nitrogen and oxygen atoms in total. The highest BCUT2D eigenvalue weighted by molar-refractivity contribution is 6.06. The highest BCUT2D eigenvalue weighted by Gasteiger charge is 2.47. The molecule has 1 saturated heterocycles. The number of hydrogen-bond donors (Lipinski definition) is 1. The summed E-state index contributed by atoms with van der Waals surface area (Å²) in [6, 6.07) is 5.51. The van der Waals surface area contributed by atoms with E-state index in [1.165, 1.54) is 17.0 Å². The Morgan fingerprint density at radius 1 is 1.28 bits per heavy atom. The second kappa shape index (κ2) is 4.40. The predicted molar refractivity (Wildman–Crippen MR) is 64.2 cm³/mol. The maximum atomic E-state index is 12.8. The van der Waals surface area contributed by atoms with Crippen LogP contribution in [0.15, 0.2) is 24.3 Å². The van der Waals surface area contributed by atoms with Gasteiger partial charge in [-0.1, -0.05) is 19.1 Å². The zero-order valence-corrected chi connectivity index (χ0v) is 10.4. The molecule has 1 fully saturated rings. The molecule has 96 valence electrons. The molecule has 0 spiro atoms. The second-order valence-corrected chi connectivity index (χ2v) is 4.60. The van der Waals surface area contributed by atoms with E-state index in [9.17, 15) is 14.0 Å². The van der Waals surface area contributed by atoms with Crippen molar-refractivity contribution in [2.24, 2.45) is 0 Å². The average Bonchev–Trinajstić information content (AvgIpc) is 2.56. The van der Waals surface area contributed by atoms with Gasteiger partial charge < -0.3 is 4.90 Å². The molecule has 18 heavy (non-hydrogen) atoms. The summed E-state index contributed by atoms with van der Waals surface area (Å²) < 4.78 is 12.8. The van der Waals surface area contributed by atoms with Crippen LogP contribution in [-0.2, 0) is 11.3 Å². The Labute approximate surface area is 105 Å². The van der Waals surface area contributed by atoms with E-state index in [0.717, 1.165) is 5.56 Å². The molecule has 5 heteroatoms. The van der Waals surface area contributed by atoms with Crippen molar-refractivity contribution in [1.29, 1.82) is 0 Å². The van der Waals surface area contributed by atoms with Crippen molar-refractivity contribution in [2.75, 3.05) is 0 Å². The third-order valence-electron chi connectivity index (χ3n) is 3.49. The summed E-state index contributed by atoms with van der Waals surface area (Å²) in [5.41, 5.74) is -0.0354. The van der Waals surface area contributed by atoms with E-state index >= 15 is 0 Å². The Morgan fingerprint density at radius 3 is 2.44 bits per heavy atom. The number of urea groups is 1. The molecule has 3 amide bonds. The minimum Gasteiger partial charge on any atom is -0.306 e. The van der Waals surface area contributed by atoms with E-state index < -0.39 is 11.6 Å². The molecule has 2 rings (SSSR count). The molecular formula is C13H15FN2O2. The summed E-state index contributed by atoms with van der Waals surface area (Å²) in [5, 5.41) is 2.31. The molecule has 1 heterocycles. The molecule has 0 radical (unpaired) electrons. The van der Waals surface area contributed by atoms with Crippen LogP contribution in [0.4, 0.5) is 9.18 Å². The molecule has 1 aromatic carbocycles.